The first-order valence-electron chi connectivity index (χ1n) is 8.28. The van der Waals surface area contributed by atoms with Gasteiger partial charge in [-0.15, -0.1) is 0 Å². The molecule has 22 heavy (non-hydrogen) atoms. The van der Waals surface area contributed by atoms with E-state index in [-0.39, 0.29) is 6.04 Å². The third-order valence-corrected chi connectivity index (χ3v) is 5.04. The number of benzene rings is 1. The highest BCUT2D eigenvalue weighted by Crippen LogP contribution is 2.33. The van der Waals surface area contributed by atoms with Gasteiger partial charge in [-0.3, -0.25) is 0 Å². The number of fused-ring (bicyclic) bond motifs is 1. The Morgan fingerprint density at radius 2 is 2.14 bits per heavy atom. The number of nitrogens with zero attached hydrogens (tertiary/aromatic N) is 3. The van der Waals surface area contributed by atoms with E-state index in [1.165, 1.54) is 24.0 Å². The lowest BCUT2D eigenvalue weighted by Crippen LogP contribution is -2.31. The van der Waals surface area contributed by atoms with E-state index < -0.39 is 0 Å². The highest BCUT2D eigenvalue weighted by atomic mass is 15.3. The van der Waals surface area contributed by atoms with Crippen LogP contribution in [0.4, 0.5) is 5.69 Å². The number of guanidine groups is 1. The molecule has 0 bridgehead atoms. The van der Waals surface area contributed by atoms with Gasteiger partial charge in [-0.1, -0.05) is 13.0 Å². The van der Waals surface area contributed by atoms with Crippen molar-refractivity contribution in [2.24, 2.45) is 21.6 Å². The van der Waals surface area contributed by atoms with Gasteiger partial charge in [-0.25, -0.2) is 9.98 Å². The maximum Gasteiger partial charge on any atom is 0.224 e. The number of aliphatic imine (C=N–C) groups is 2. The molecule has 1 aliphatic heterocycles. The minimum absolute atomic E-state index is 0.286. The van der Waals surface area contributed by atoms with Crippen LogP contribution < -0.4 is 10.6 Å². The molecule has 0 saturated heterocycles. The van der Waals surface area contributed by atoms with Crippen LogP contribution in [0.15, 0.2) is 28.2 Å². The molecule has 4 heteroatoms. The number of hydrogen-bond donors (Lipinski definition) is 1. The first-order chi connectivity index (χ1) is 10.6. The smallest absolute Gasteiger partial charge is 0.224 e. The minimum atomic E-state index is 0.286. The van der Waals surface area contributed by atoms with Crippen LogP contribution in [0.5, 0.6) is 0 Å². The second kappa shape index (κ2) is 6.21. The van der Waals surface area contributed by atoms with Gasteiger partial charge >= 0.3 is 0 Å². The molecule has 1 aromatic rings. The first kappa shape index (κ1) is 15.2. The van der Waals surface area contributed by atoms with Crippen molar-refractivity contribution in [2.75, 3.05) is 18.5 Å². The molecule has 0 amide bonds. The summed E-state index contributed by atoms with van der Waals surface area (Å²) < 4.78 is 0. The Morgan fingerprint density at radius 1 is 1.32 bits per heavy atom. The maximum absolute atomic E-state index is 5.91. The van der Waals surface area contributed by atoms with Gasteiger partial charge in [0.15, 0.2) is 0 Å². The molecule has 0 radical (unpaired) electrons. The van der Waals surface area contributed by atoms with Crippen molar-refractivity contribution in [3.05, 3.63) is 29.3 Å². The number of hydrogen-bond acceptors (Lipinski definition) is 4. The monoisotopic (exact) mass is 298 g/mol. The lowest BCUT2D eigenvalue weighted by atomic mass is 9.82. The van der Waals surface area contributed by atoms with Crippen LogP contribution in [0.3, 0.4) is 0 Å². The van der Waals surface area contributed by atoms with Gasteiger partial charge in [0, 0.05) is 24.9 Å². The van der Waals surface area contributed by atoms with E-state index in [2.05, 4.69) is 41.9 Å². The molecule has 0 fully saturated rings. The lowest BCUT2D eigenvalue weighted by molar-refractivity contribution is 0.561. The Balaban J connectivity index is 1.87. The van der Waals surface area contributed by atoms with E-state index >= 15 is 0 Å². The average molecular weight is 298 g/mol. The molecular weight excluding hydrogens is 272 g/mol. The molecule has 3 atom stereocenters. The zero-order valence-electron chi connectivity index (χ0n) is 13.8. The molecule has 1 aliphatic carbocycles. The topological polar surface area (TPSA) is 54.0 Å². The van der Waals surface area contributed by atoms with Gasteiger partial charge in [0.05, 0.1) is 6.04 Å². The van der Waals surface area contributed by atoms with Crippen LogP contribution in [0.1, 0.15) is 43.7 Å². The zero-order valence-corrected chi connectivity index (χ0v) is 13.8. The average Bonchev–Trinajstić information content (AvgIpc) is 2.55. The van der Waals surface area contributed by atoms with Gasteiger partial charge in [0.1, 0.15) is 0 Å². The zero-order chi connectivity index (χ0) is 15.7. The predicted octanol–water partition coefficient (Wildman–Crippen LogP) is 2.97. The van der Waals surface area contributed by atoms with Crippen LogP contribution >= 0.6 is 0 Å². The fourth-order valence-corrected chi connectivity index (χ4v) is 3.29. The predicted molar refractivity (Wildman–Crippen MR) is 94.1 cm³/mol. The summed E-state index contributed by atoms with van der Waals surface area (Å²) >= 11 is 0. The molecule has 2 aliphatic rings. The van der Waals surface area contributed by atoms with Crippen molar-refractivity contribution in [3.63, 3.8) is 0 Å². The third-order valence-electron chi connectivity index (χ3n) is 5.04. The second-order valence-corrected chi connectivity index (χ2v) is 6.57. The van der Waals surface area contributed by atoms with E-state index in [1.807, 2.05) is 13.3 Å². The van der Waals surface area contributed by atoms with Crippen LogP contribution in [0.2, 0.25) is 0 Å². The maximum atomic E-state index is 5.91. The number of rotatable bonds is 2. The molecule has 4 nitrogen and oxygen atoms in total. The van der Waals surface area contributed by atoms with Crippen LogP contribution in [0, 0.1) is 5.92 Å². The Hall–Kier alpha value is -1.68. The second-order valence-electron chi connectivity index (χ2n) is 6.57. The largest absolute Gasteiger partial charge is 0.330 e. The normalized spacial score (nSPS) is 27.3. The van der Waals surface area contributed by atoms with E-state index in [9.17, 15) is 0 Å². The summed E-state index contributed by atoms with van der Waals surface area (Å²) in [6.07, 6.45) is 5.60. The van der Waals surface area contributed by atoms with Gasteiger partial charge in [0.2, 0.25) is 5.96 Å². The highest BCUT2D eigenvalue weighted by Gasteiger charge is 2.22. The molecule has 1 aromatic carbocycles. The Labute approximate surface area is 133 Å². The van der Waals surface area contributed by atoms with Crippen molar-refractivity contribution in [1.29, 1.82) is 0 Å². The van der Waals surface area contributed by atoms with Crippen LogP contribution in [-0.2, 0) is 6.42 Å². The van der Waals surface area contributed by atoms with Crippen molar-refractivity contribution >= 4 is 17.9 Å². The number of anilines is 1. The fourth-order valence-electron chi connectivity index (χ4n) is 3.29. The molecule has 1 heterocycles. The van der Waals surface area contributed by atoms with Crippen molar-refractivity contribution in [1.82, 2.24) is 0 Å². The van der Waals surface area contributed by atoms with E-state index in [0.29, 0.717) is 11.8 Å². The van der Waals surface area contributed by atoms with Crippen LogP contribution in [0.25, 0.3) is 0 Å². The summed E-state index contributed by atoms with van der Waals surface area (Å²) in [6, 6.07) is 7.00. The van der Waals surface area contributed by atoms with E-state index in [0.717, 1.165) is 24.6 Å². The lowest BCUT2D eigenvalue weighted by Gasteiger charge is -2.28. The first-order valence-corrected chi connectivity index (χ1v) is 8.28. The molecule has 3 rings (SSSR count). The minimum Gasteiger partial charge on any atom is -0.330 e. The summed E-state index contributed by atoms with van der Waals surface area (Å²) in [5.74, 6) is 1.73. The quantitative estimate of drug-likeness (QED) is 0.912. The molecule has 2 unspecified atom stereocenters. The number of aryl methyl sites for hydroxylation is 1. The molecule has 0 spiro atoms. The summed E-state index contributed by atoms with van der Waals surface area (Å²) in [7, 11) is 2.05. The Bertz CT molecular complexity index is 605. The Morgan fingerprint density at radius 3 is 2.86 bits per heavy atom. The van der Waals surface area contributed by atoms with Gasteiger partial charge in [-0.05, 0) is 61.9 Å². The summed E-state index contributed by atoms with van der Waals surface area (Å²) in [4.78, 5) is 11.3. The van der Waals surface area contributed by atoms with Crippen molar-refractivity contribution in [3.8, 4) is 0 Å². The van der Waals surface area contributed by atoms with Crippen molar-refractivity contribution in [2.45, 2.75) is 45.1 Å². The van der Waals surface area contributed by atoms with E-state index in [4.69, 9.17) is 10.7 Å². The molecule has 118 valence electrons. The van der Waals surface area contributed by atoms with Gasteiger partial charge in [0.25, 0.3) is 0 Å². The summed E-state index contributed by atoms with van der Waals surface area (Å²) in [5, 5.41) is 0. The van der Waals surface area contributed by atoms with Crippen molar-refractivity contribution < 1.29 is 0 Å². The van der Waals surface area contributed by atoms with Gasteiger partial charge in [-0.2, -0.15) is 0 Å². The molecule has 0 aromatic heterocycles. The Kier molecular flexibility index (Phi) is 4.30. The standard InChI is InChI=1S/C18H26N4/c1-12-11-20-18(21-13(12)2)22(3)16-7-8-17-14(9-16)5-4-6-15(17)10-19/h7-9,11-13,15H,4-6,10,19H2,1-3H3/t12?,13?,15-/m0/s1. The molecular formula is C18H26N4. The van der Waals surface area contributed by atoms with Crippen LogP contribution in [-0.4, -0.2) is 31.8 Å². The SMILES string of the molecule is CC1C=NC(N(C)c2ccc3c(c2)CCC[C@H]3CN)=NC1C. The van der Waals surface area contributed by atoms with E-state index in [1.54, 1.807) is 0 Å². The fraction of sp³-hybridized carbons (Fsp3) is 0.556. The third kappa shape index (κ3) is 2.80. The molecule has 0 saturated carbocycles. The molecule has 2 N–H and O–H groups in total. The van der Waals surface area contributed by atoms with Gasteiger partial charge < -0.3 is 10.6 Å². The summed E-state index contributed by atoms with van der Waals surface area (Å²) in [6.45, 7) is 5.04. The number of nitrogens with two attached hydrogens (primary N) is 1. The highest BCUT2D eigenvalue weighted by molar-refractivity contribution is 6.01. The summed E-state index contributed by atoms with van der Waals surface area (Å²) in [5.41, 5.74) is 9.94.